The maximum absolute atomic E-state index is 6.47. The monoisotopic (exact) mass is 342 g/mol. The van der Waals surface area contributed by atoms with Crippen LogP contribution < -0.4 is 0 Å². The number of hydrogen-bond acceptors (Lipinski definition) is 0. The van der Waals surface area contributed by atoms with Crippen molar-refractivity contribution in [1.29, 1.82) is 0 Å². The summed E-state index contributed by atoms with van der Waals surface area (Å²) in [6.45, 7) is 0. The van der Waals surface area contributed by atoms with E-state index in [9.17, 15) is 0 Å². The highest BCUT2D eigenvalue weighted by Gasteiger charge is 2.04. The van der Waals surface area contributed by atoms with Gasteiger partial charge in [-0.15, -0.1) is 11.6 Å². The van der Waals surface area contributed by atoms with Crippen molar-refractivity contribution in [3.05, 3.63) is 0 Å². The summed E-state index contributed by atoms with van der Waals surface area (Å²) in [6, 6.07) is 0. The van der Waals surface area contributed by atoms with Gasteiger partial charge in [0, 0.05) is 5.38 Å². The number of hydrogen-bond donors (Lipinski definition) is 0. The summed E-state index contributed by atoms with van der Waals surface area (Å²) < 4.78 is 0. The van der Waals surface area contributed by atoms with Crippen LogP contribution in [0.15, 0.2) is 0 Å². The SMILES string of the molecule is ClC1CCCCCCCCCCCCCCCCCCCCC1. The van der Waals surface area contributed by atoms with Gasteiger partial charge in [-0.1, -0.05) is 122 Å². The van der Waals surface area contributed by atoms with E-state index in [1.807, 2.05) is 0 Å². The quantitative estimate of drug-likeness (QED) is 0.386. The first-order chi connectivity index (χ1) is 11.4. The Labute approximate surface area is 152 Å². The zero-order valence-electron chi connectivity index (χ0n) is 15.8. The number of rotatable bonds is 0. The average molecular weight is 343 g/mol. The molecule has 0 aromatic heterocycles. The molecular formula is C22H43Cl. The smallest absolute Gasteiger partial charge is 0.0336 e. The Morgan fingerprint density at radius 1 is 0.304 bits per heavy atom. The molecule has 1 aliphatic rings. The molecule has 1 saturated carbocycles. The van der Waals surface area contributed by atoms with Crippen molar-refractivity contribution in [2.75, 3.05) is 0 Å². The summed E-state index contributed by atoms with van der Waals surface area (Å²) in [5, 5.41) is 0.452. The number of alkyl halides is 1. The Hall–Kier alpha value is 0.290. The molecule has 0 aromatic rings. The Morgan fingerprint density at radius 2 is 0.478 bits per heavy atom. The maximum Gasteiger partial charge on any atom is 0.0336 e. The van der Waals surface area contributed by atoms with Gasteiger partial charge in [0.15, 0.2) is 0 Å². The fraction of sp³-hybridized carbons (Fsp3) is 1.00. The van der Waals surface area contributed by atoms with Gasteiger partial charge in [0.25, 0.3) is 0 Å². The highest BCUT2D eigenvalue weighted by molar-refractivity contribution is 6.20. The minimum Gasteiger partial charge on any atom is -0.123 e. The summed E-state index contributed by atoms with van der Waals surface area (Å²) >= 11 is 6.47. The molecule has 138 valence electrons. The van der Waals surface area contributed by atoms with Gasteiger partial charge in [-0.05, 0) is 12.8 Å². The third kappa shape index (κ3) is 15.6. The van der Waals surface area contributed by atoms with Gasteiger partial charge in [-0.2, -0.15) is 0 Å². The lowest BCUT2D eigenvalue weighted by molar-refractivity contribution is 0.506. The molecule has 0 saturated heterocycles. The molecule has 1 rings (SSSR count). The topological polar surface area (TPSA) is 0 Å². The molecule has 23 heavy (non-hydrogen) atoms. The molecule has 0 radical (unpaired) electrons. The number of halogens is 1. The van der Waals surface area contributed by atoms with Crippen LogP contribution in [0.2, 0.25) is 0 Å². The van der Waals surface area contributed by atoms with E-state index in [-0.39, 0.29) is 0 Å². The first-order valence-corrected chi connectivity index (χ1v) is 11.5. The first-order valence-electron chi connectivity index (χ1n) is 11.0. The van der Waals surface area contributed by atoms with E-state index in [2.05, 4.69) is 0 Å². The molecule has 0 nitrogen and oxygen atoms in total. The molecule has 0 aliphatic heterocycles. The third-order valence-electron chi connectivity index (χ3n) is 5.53. The van der Waals surface area contributed by atoms with Crippen LogP contribution in [0.5, 0.6) is 0 Å². The Bertz CT molecular complexity index is 204. The largest absolute Gasteiger partial charge is 0.123 e. The lowest BCUT2D eigenvalue weighted by Crippen LogP contribution is -1.98. The molecular weight excluding hydrogens is 300 g/mol. The van der Waals surface area contributed by atoms with Crippen LogP contribution in [0.1, 0.15) is 135 Å². The van der Waals surface area contributed by atoms with Gasteiger partial charge in [0.2, 0.25) is 0 Å². The van der Waals surface area contributed by atoms with Gasteiger partial charge < -0.3 is 0 Å². The standard InChI is InChI=1S/C22H43Cl/c23-22-20-18-16-14-12-10-8-6-4-2-1-3-5-7-9-11-13-15-17-19-21-22/h22H,1-21H2. The molecule has 0 atom stereocenters. The van der Waals surface area contributed by atoms with E-state index in [1.165, 1.54) is 135 Å². The summed E-state index contributed by atoms with van der Waals surface area (Å²) in [6.07, 6.45) is 30.0. The van der Waals surface area contributed by atoms with Crippen molar-refractivity contribution < 1.29 is 0 Å². The van der Waals surface area contributed by atoms with Crippen LogP contribution in [-0.2, 0) is 0 Å². The second-order valence-corrected chi connectivity index (χ2v) is 8.51. The minimum atomic E-state index is 0.452. The van der Waals surface area contributed by atoms with Crippen molar-refractivity contribution in [3.8, 4) is 0 Å². The summed E-state index contributed by atoms with van der Waals surface area (Å²) in [5.74, 6) is 0. The van der Waals surface area contributed by atoms with Crippen LogP contribution >= 0.6 is 11.6 Å². The van der Waals surface area contributed by atoms with E-state index < -0.39 is 0 Å². The zero-order valence-corrected chi connectivity index (χ0v) is 16.6. The van der Waals surface area contributed by atoms with E-state index in [0.717, 1.165) is 0 Å². The molecule has 0 bridgehead atoms. The van der Waals surface area contributed by atoms with Crippen LogP contribution in [0.3, 0.4) is 0 Å². The molecule has 1 aliphatic carbocycles. The Kier molecular flexibility index (Phi) is 15.9. The lowest BCUT2D eigenvalue weighted by atomic mass is 10.0. The predicted octanol–water partition coefficient (Wildman–Crippen LogP) is 8.80. The van der Waals surface area contributed by atoms with Crippen molar-refractivity contribution in [1.82, 2.24) is 0 Å². The third-order valence-corrected chi connectivity index (χ3v) is 5.97. The highest BCUT2D eigenvalue weighted by Crippen LogP contribution is 2.19. The van der Waals surface area contributed by atoms with Crippen molar-refractivity contribution >= 4 is 11.6 Å². The van der Waals surface area contributed by atoms with Gasteiger partial charge in [0.1, 0.15) is 0 Å². The molecule has 0 unspecified atom stereocenters. The van der Waals surface area contributed by atoms with Crippen molar-refractivity contribution in [2.45, 2.75) is 140 Å². The Balaban J connectivity index is 2.07. The molecule has 0 amide bonds. The summed E-state index contributed by atoms with van der Waals surface area (Å²) in [7, 11) is 0. The molecule has 1 heteroatoms. The fourth-order valence-corrected chi connectivity index (χ4v) is 4.19. The molecule has 0 N–H and O–H groups in total. The second-order valence-electron chi connectivity index (χ2n) is 7.89. The van der Waals surface area contributed by atoms with Crippen LogP contribution in [0.4, 0.5) is 0 Å². The predicted molar refractivity (Wildman–Crippen MR) is 107 cm³/mol. The molecule has 0 spiro atoms. The van der Waals surface area contributed by atoms with E-state index in [1.54, 1.807) is 0 Å². The van der Waals surface area contributed by atoms with Gasteiger partial charge in [0.05, 0.1) is 0 Å². The second kappa shape index (κ2) is 17.1. The van der Waals surface area contributed by atoms with Gasteiger partial charge in [-0.3, -0.25) is 0 Å². The molecule has 0 heterocycles. The maximum atomic E-state index is 6.47. The van der Waals surface area contributed by atoms with E-state index >= 15 is 0 Å². The van der Waals surface area contributed by atoms with Crippen molar-refractivity contribution in [2.24, 2.45) is 0 Å². The highest BCUT2D eigenvalue weighted by atomic mass is 35.5. The van der Waals surface area contributed by atoms with Crippen molar-refractivity contribution in [3.63, 3.8) is 0 Å². The summed E-state index contributed by atoms with van der Waals surface area (Å²) in [5.41, 5.74) is 0. The zero-order chi connectivity index (χ0) is 16.4. The normalized spacial score (nSPS) is 24.4. The van der Waals surface area contributed by atoms with Crippen LogP contribution in [0, 0.1) is 0 Å². The minimum absolute atomic E-state index is 0.452. The van der Waals surface area contributed by atoms with E-state index in [0.29, 0.717) is 5.38 Å². The first kappa shape index (κ1) is 21.3. The van der Waals surface area contributed by atoms with Gasteiger partial charge in [-0.25, -0.2) is 0 Å². The summed E-state index contributed by atoms with van der Waals surface area (Å²) in [4.78, 5) is 0. The van der Waals surface area contributed by atoms with Gasteiger partial charge >= 0.3 is 0 Å². The lowest BCUT2D eigenvalue weighted by Gasteiger charge is -2.09. The molecule has 1 fully saturated rings. The fourth-order valence-electron chi connectivity index (χ4n) is 3.88. The molecule has 0 aromatic carbocycles. The average Bonchev–Trinajstić information content (AvgIpc) is 2.55. The Morgan fingerprint density at radius 3 is 0.696 bits per heavy atom. The van der Waals surface area contributed by atoms with E-state index in [4.69, 9.17) is 11.6 Å². The van der Waals surface area contributed by atoms with Crippen LogP contribution in [0.25, 0.3) is 0 Å². The van der Waals surface area contributed by atoms with Crippen LogP contribution in [-0.4, -0.2) is 5.38 Å².